The average Bonchev–Trinajstić information content (AvgIpc) is 3.92. The van der Waals surface area contributed by atoms with Crippen LogP contribution in [0.15, 0.2) is 0 Å². The molecule has 8 saturated carbocycles. The summed E-state index contributed by atoms with van der Waals surface area (Å²) < 4.78 is 4.13. The molecule has 0 aromatic carbocycles. The van der Waals surface area contributed by atoms with Gasteiger partial charge in [-0.05, 0) is 0 Å². The van der Waals surface area contributed by atoms with Crippen molar-refractivity contribution in [1.29, 1.82) is 0 Å². The summed E-state index contributed by atoms with van der Waals surface area (Å²) in [6.45, 7) is 30.8. The van der Waals surface area contributed by atoms with Gasteiger partial charge in [-0.1, -0.05) is 0 Å². The second-order valence-electron chi connectivity index (χ2n) is 30.1. The van der Waals surface area contributed by atoms with E-state index in [0.29, 0.717) is 10.3 Å². The summed E-state index contributed by atoms with van der Waals surface area (Å²) in [6.07, 6.45) is 20.8. The van der Waals surface area contributed by atoms with Crippen molar-refractivity contribution in [1.82, 2.24) is 0 Å². The van der Waals surface area contributed by atoms with Crippen molar-refractivity contribution in [3.8, 4) is 0 Å². The van der Waals surface area contributed by atoms with Gasteiger partial charge < -0.3 is 0 Å². The molecule has 0 aromatic heterocycles. The van der Waals surface area contributed by atoms with Crippen LogP contribution in [0.3, 0.4) is 0 Å². The molecule has 5 heteroatoms. The van der Waals surface area contributed by atoms with Crippen LogP contribution in [0.5, 0.6) is 0 Å². The molecule has 18 aliphatic rings. The zero-order chi connectivity index (χ0) is 35.2. The fourth-order valence-corrected chi connectivity index (χ4v) is 186. The van der Waals surface area contributed by atoms with E-state index in [9.17, 15) is 0 Å². The normalized spacial score (nSPS) is 75.9. The van der Waals surface area contributed by atoms with Crippen LogP contribution in [0, 0.1) is 47.3 Å². The first kappa shape index (κ1) is 30.8. The molecular formula is C46H76FeP2Si2. The first-order valence-corrected chi connectivity index (χ1v) is 39.5. The Labute approximate surface area is 308 Å². The molecule has 51 heavy (non-hydrogen) atoms. The van der Waals surface area contributed by atoms with Gasteiger partial charge in [-0.3, -0.25) is 0 Å². The van der Waals surface area contributed by atoms with E-state index in [1.807, 2.05) is 12.3 Å². The van der Waals surface area contributed by atoms with Gasteiger partial charge in [0.15, 0.2) is 0 Å². The molecule has 0 amide bonds. The Morgan fingerprint density at radius 2 is 0.902 bits per heavy atom. The molecule has 1 spiro atoms. The number of hydrogen-bond acceptors (Lipinski definition) is 0. The zero-order valence-corrected chi connectivity index (χ0v) is 39.9. The molecule has 10 heterocycles. The van der Waals surface area contributed by atoms with Crippen LogP contribution in [-0.2, 0) is 6.51 Å². The molecule has 286 valence electrons. The van der Waals surface area contributed by atoms with Crippen LogP contribution in [0.2, 0.25) is 84.7 Å². The third kappa shape index (κ3) is 0.988. The molecule has 10 saturated heterocycles. The van der Waals surface area contributed by atoms with Gasteiger partial charge in [-0.15, -0.1) is 0 Å². The SMILES string of the molecule is CC(C)(C)P(C[C]12[C]3(CP(C4C5CC6CC(C5)CC4C6)C4C5CC6CC(C5)CC4C6)[CH]4[C]5([Si](C)(C)C)[C]1([Si](C)(C)C)[Fe]43251678[CH]2[CH]1[CH]6[CH]7[CH]28)C(C)(C)C. The number of hydrogen-bond donors (Lipinski definition) is 0. The second kappa shape index (κ2) is 5.17. The number of rotatable bonds is 8. The topological polar surface area (TPSA) is 0 Å². The molecular weight excluding hydrogens is 726 g/mol. The molecule has 8 aliphatic carbocycles. The molecule has 18 fully saturated rings. The maximum atomic E-state index is 3.08. The summed E-state index contributed by atoms with van der Waals surface area (Å²) in [4.78, 5) is 8.68. The molecule has 0 N–H and O–H groups in total. The monoisotopic (exact) mass is 802 g/mol. The van der Waals surface area contributed by atoms with Crippen LogP contribution in [0.25, 0.3) is 0 Å². The van der Waals surface area contributed by atoms with E-state index in [1.165, 1.54) is 63.9 Å². The van der Waals surface area contributed by atoms with Gasteiger partial charge in [0.1, 0.15) is 0 Å². The Hall–Kier alpha value is 1.81. The third-order valence-electron chi connectivity index (χ3n) is 29.5. The van der Waals surface area contributed by atoms with Gasteiger partial charge in [-0.25, -0.2) is 0 Å². The summed E-state index contributed by atoms with van der Waals surface area (Å²) in [5.74, 6) is 9.37. The molecule has 5 unspecified atom stereocenters. The van der Waals surface area contributed by atoms with E-state index < -0.39 is 22.7 Å². The summed E-state index contributed by atoms with van der Waals surface area (Å²) >= 11 is 0. The zero-order valence-electron chi connectivity index (χ0n) is 35.0. The van der Waals surface area contributed by atoms with E-state index in [-0.39, 0.29) is 15.8 Å². The Morgan fingerprint density at radius 1 is 0.529 bits per heavy atom. The predicted octanol–water partition coefficient (Wildman–Crippen LogP) is 14.8. The minimum absolute atomic E-state index is 0.0115. The van der Waals surface area contributed by atoms with Gasteiger partial charge in [0.05, 0.1) is 0 Å². The number of fused-ring (bicyclic) bond motifs is 10. The molecule has 8 bridgehead atoms. The predicted molar refractivity (Wildman–Crippen MR) is 225 cm³/mol. The molecule has 5 atom stereocenters. The van der Waals surface area contributed by atoms with Crippen LogP contribution < -0.4 is 0 Å². The van der Waals surface area contributed by atoms with Gasteiger partial charge in [0.2, 0.25) is 0 Å². The van der Waals surface area contributed by atoms with Crippen molar-refractivity contribution in [3.05, 3.63) is 0 Å². The molecule has 0 aromatic rings. The van der Waals surface area contributed by atoms with Crippen molar-refractivity contribution in [3.63, 3.8) is 0 Å². The van der Waals surface area contributed by atoms with Crippen LogP contribution in [0.4, 0.5) is 0 Å². The third-order valence-corrected chi connectivity index (χ3v) is 101. The maximum absolute atomic E-state index is 4.14. The van der Waals surface area contributed by atoms with Crippen LogP contribution in [-0.4, -0.2) is 50.1 Å². The van der Waals surface area contributed by atoms with Gasteiger partial charge in [-0.2, -0.15) is 0 Å². The van der Waals surface area contributed by atoms with Crippen molar-refractivity contribution < 1.29 is 6.51 Å². The van der Waals surface area contributed by atoms with Crippen molar-refractivity contribution >= 4 is 32.0 Å². The molecule has 10 aliphatic heterocycles. The van der Waals surface area contributed by atoms with E-state index in [2.05, 4.69) is 80.8 Å². The van der Waals surface area contributed by atoms with Crippen LogP contribution in [0.1, 0.15) is 106 Å². The summed E-state index contributed by atoms with van der Waals surface area (Å²) in [7, 11) is -2.61. The second-order valence-corrected chi connectivity index (χ2v) is 70.8. The Morgan fingerprint density at radius 3 is 1.20 bits per heavy atom. The van der Waals surface area contributed by atoms with Gasteiger partial charge >= 0.3 is 310 Å². The Kier molecular flexibility index (Phi) is 3.13. The van der Waals surface area contributed by atoms with E-state index in [1.54, 1.807) is 64.2 Å². The standard InChI is InChI=1S/C41H71P2Si2.C5H5.Fe/c1-40(2,3)43(41(4,5)6)25-35-34(23-36(44(7,8)9)39(35)45(10,11)12)24-42(37-30-15-26-13-27(17-30)18-31(37)16-26)38-32-19-28-14-29(21-32)22-33(38)20-28;1-2-4-5-3-1;/h23,26-33,37-38H,13-22,24-25H2,1-12H3;1-5H;. The van der Waals surface area contributed by atoms with Crippen molar-refractivity contribution in [2.24, 2.45) is 47.3 Å². The Balaban J connectivity index is 0.960. The van der Waals surface area contributed by atoms with Gasteiger partial charge in [0.25, 0.3) is 0 Å². The van der Waals surface area contributed by atoms with Crippen molar-refractivity contribution in [2.75, 3.05) is 12.3 Å². The van der Waals surface area contributed by atoms with E-state index in [4.69, 9.17) is 0 Å². The Bertz CT molecular complexity index is 2070. The molecule has 0 nitrogen and oxygen atoms in total. The minimum atomic E-state index is -4.14. The molecule has 0 radical (unpaired) electrons. The van der Waals surface area contributed by atoms with Crippen molar-refractivity contribution in [2.45, 2.75) is 212 Å². The fraction of sp³-hybridized carbons (Fsp3) is 1.00. The fourth-order valence-electron chi connectivity index (χ4n) is 34.9. The first-order valence-electron chi connectivity index (χ1n) is 23.2. The van der Waals surface area contributed by atoms with Crippen LogP contribution >= 0.6 is 15.8 Å². The summed E-state index contributed by atoms with van der Waals surface area (Å²) in [5.41, 5.74) is 2.48. The van der Waals surface area contributed by atoms with E-state index in [0.717, 1.165) is 40.2 Å². The average molecular weight is 803 g/mol. The van der Waals surface area contributed by atoms with Gasteiger partial charge in [0, 0.05) is 0 Å². The summed E-state index contributed by atoms with van der Waals surface area (Å²) in [5, 5.41) is 0.993. The first-order chi connectivity index (χ1) is 23.5. The summed E-state index contributed by atoms with van der Waals surface area (Å²) in [6, 6.07) is 0. The quantitative estimate of drug-likeness (QED) is 0.169. The molecule has 18 rings (SSSR count). The van der Waals surface area contributed by atoms with E-state index >= 15 is 0 Å².